The summed E-state index contributed by atoms with van der Waals surface area (Å²) in [6.45, 7) is 10.5. The predicted molar refractivity (Wildman–Crippen MR) is 134 cm³/mol. The number of nitrogens with zero attached hydrogens (tertiary/aromatic N) is 1. The van der Waals surface area contributed by atoms with Gasteiger partial charge in [0, 0.05) is 38.1 Å². The quantitative estimate of drug-likeness (QED) is 0.518. The first-order valence-corrected chi connectivity index (χ1v) is 12.1. The minimum atomic E-state index is -0.848. The number of carbonyl (C=O) groups excluding carboxylic acids is 3. The Kier molecular flexibility index (Phi) is 10.3. The SMILES string of the molecule is CC(=O)O[C@H]1[C@@H](C)[C@H](C)OC(=O)C(Cc2ccccc2)N(C)C(=O)/C=C\[C@H](C)[C@H](O)/C(C)=C\[C@@H]1C. The van der Waals surface area contributed by atoms with Gasteiger partial charge in [-0.2, -0.15) is 0 Å². The number of amides is 1. The van der Waals surface area contributed by atoms with Gasteiger partial charge in [-0.05, 0) is 31.1 Å². The number of likely N-dealkylation sites (N-methyl/N-ethyl adjacent to an activating group) is 1. The van der Waals surface area contributed by atoms with Gasteiger partial charge in [0.1, 0.15) is 18.2 Å². The Hall–Kier alpha value is -2.93. The first kappa shape index (κ1) is 28.3. The van der Waals surface area contributed by atoms with Crippen LogP contribution in [0.2, 0.25) is 0 Å². The van der Waals surface area contributed by atoms with Gasteiger partial charge in [-0.3, -0.25) is 9.59 Å². The van der Waals surface area contributed by atoms with E-state index in [0.29, 0.717) is 12.0 Å². The maximum Gasteiger partial charge on any atom is 0.329 e. The largest absolute Gasteiger partial charge is 0.462 e. The molecule has 35 heavy (non-hydrogen) atoms. The standard InChI is InChI=1S/C28H39NO6/c1-17-13-14-25(31)29(7)24(16-23-11-9-8-10-12-23)28(33)34-21(5)20(4)27(35-22(6)30)19(3)15-18(2)26(17)32/h8-15,17,19-21,24,26-27,32H,16H2,1-7H3/b14-13-,18-15-/t17-,19-,20-,21-,24?,26-,27+/m0/s1. The van der Waals surface area contributed by atoms with E-state index in [9.17, 15) is 19.5 Å². The number of hydrogen-bond acceptors (Lipinski definition) is 6. The van der Waals surface area contributed by atoms with Crippen molar-refractivity contribution < 1.29 is 29.0 Å². The molecule has 7 atom stereocenters. The third kappa shape index (κ3) is 7.79. The predicted octanol–water partition coefficient (Wildman–Crippen LogP) is 3.70. The van der Waals surface area contributed by atoms with Crippen molar-refractivity contribution >= 4 is 17.8 Å². The lowest BCUT2D eigenvalue weighted by Crippen LogP contribution is -2.46. The Bertz CT molecular complexity index is 940. The molecule has 1 aliphatic heterocycles. The molecule has 1 amide bonds. The summed E-state index contributed by atoms with van der Waals surface area (Å²) in [6.07, 6.45) is 3.22. The molecule has 0 aromatic heterocycles. The van der Waals surface area contributed by atoms with E-state index in [1.54, 1.807) is 20.0 Å². The van der Waals surface area contributed by atoms with Crippen molar-refractivity contribution in [1.29, 1.82) is 0 Å². The average Bonchev–Trinajstić information content (AvgIpc) is 2.82. The van der Waals surface area contributed by atoms with Crippen LogP contribution in [0.4, 0.5) is 0 Å². The van der Waals surface area contributed by atoms with E-state index in [4.69, 9.17) is 9.47 Å². The molecule has 0 aliphatic carbocycles. The first-order valence-electron chi connectivity index (χ1n) is 12.1. The third-order valence-corrected chi connectivity index (χ3v) is 6.77. The topological polar surface area (TPSA) is 93.1 Å². The number of rotatable bonds is 3. The van der Waals surface area contributed by atoms with Crippen molar-refractivity contribution in [2.45, 2.75) is 72.3 Å². The van der Waals surface area contributed by atoms with E-state index in [-0.39, 0.29) is 23.7 Å². The van der Waals surface area contributed by atoms with Crippen molar-refractivity contribution in [2.75, 3.05) is 7.05 Å². The van der Waals surface area contributed by atoms with Crippen LogP contribution in [-0.4, -0.2) is 59.3 Å². The minimum Gasteiger partial charge on any atom is -0.462 e. The summed E-state index contributed by atoms with van der Waals surface area (Å²) in [4.78, 5) is 39.6. The van der Waals surface area contributed by atoms with E-state index < -0.39 is 36.3 Å². The summed E-state index contributed by atoms with van der Waals surface area (Å²) in [6, 6.07) is 8.59. The second-order valence-corrected chi connectivity index (χ2v) is 9.66. The minimum absolute atomic E-state index is 0.240. The fourth-order valence-corrected chi connectivity index (χ4v) is 4.37. The number of esters is 2. The number of cyclic esters (lactones) is 1. The molecule has 0 spiro atoms. The molecule has 1 aromatic carbocycles. The van der Waals surface area contributed by atoms with Crippen LogP contribution in [0.5, 0.6) is 0 Å². The molecule has 0 bridgehead atoms. The van der Waals surface area contributed by atoms with Crippen LogP contribution in [0, 0.1) is 17.8 Å². The van der Waals surface area contributed by atoms with Crippen molar-refractivity contribution in [3.63, 3.8) is 0 Å². The van der Waals surface area contributed by atoms with Crippen LogP contribution in [0.1, 0.15) is 47.1 Å². The smallest absolute Gasteiger partial charge is 0.329 e. The number of ether oxygens (including phenoxy) is 2. The molecule has 2 rings (SSSR count). The van der Waals surface area contributed by atoms with Crippen molar-refractivity contribution in [1.82, 2.24) is 4.90 Å². The fraction of sp³-hybridized carbons (Fsp3) is 0.536. The number of aliphatic hydroxyl groups is 1. The highest BCUT2D eigenvalue weighted by molar-refractivity contribution is 5.91. The number of carbonyl (C=O) groups is 3. The van der Waals surface area contributed by atoms with Crippen molar-refractivity contribution in [3.8, 4) is 0 Å². The molecule has 192 valence electrons. The zero-order valence-electron chi connectivity index (χ0n) is 21.8. The summed E-state index contributed by atoms with van der Waals surface area (Å²) in [5.74, 6) is -2.23. The second kappa shape index (κ2) is 12.7. The number of benzene rings is 1. The van der Waals surface area contributed by atoms with Crippen molar-refractivity contribution in [2.24, 2.45) is 17.8 Å². The second-order valence-electron chi connectivity index (χ2n) is 9.66. The summed E-state index contributed by atoms with van der Waals surface area (Å²) in [7, 11) is 1.57. The van der Waals surface area contributed by atoms with E-state index in [0.717, 1.165) is 5.56 Å². The Balaban J connectivity index is 2.49. The maximum atomic E-state index is 13.3. The van der Waals surface area contributed by atoms with Crippen LogP contribution >= 0.6 is 0 Å². The highest BCUT2D eigenvalue weighted by atomic mass is 16.6. The zero-order chi connectivity index (χ0) is 26.3. The highest BCUT2D eigenvalue weighted by Gasteiger charge is 2.35. The third-order valence-electron chi connectivity index (χ3n) is 6.77. The van der Waals surface area contributed by atoms with Crippen LogP contribution in [0.3, 0.4) is 0 Å². The molecular formula is C28H39NO6. The Labute approximate surface area is 208 Å². The first-order chi connectivity index (χ1) is 16.4. The van der Waals surface area contributed by atoms with Gasteiger partial charge in [0.25, 0.3) is 0 Å². The molecule has 7 nitrogen and oxygen atoms in total. The average molecular weight is 486 g/mol. The molecule has 7 heteroatoms. The van der Waals surface area contributed by atoms with Gasteiger partial charge in [-0.1, -0.05) is 63.3 Å². The number of hydrogen-bond donors (Lipinski definition) is 1. The van der Waals surface area contributed by atoms with Gasteiger partial charge in [-0.25, -0.2) is 4.79 Å². The Morgan fingerprint density at radius 1 is 1.09 bits per heavy atom. The van der Waals surface area contributed by atoms with Gasteiger partial charge in [-0.15, -0.1) is 0 Å². The van der Waals surface area contributed by atoms with E-state index in [1.807, 2.05) is 64.1 Å². The van der Waals surface area contributed by atoms with E-state index >= 15 is 0 Å². The van der Waals surface area contributed by atoms with Gasteiger partial charge in [0.2, 0.25) is 5.91 Å². The molecular weight excluding hydrogens is 446 g/mol. The van der Waals surface area contributed by atoms with Gasteiger partial charge in [0.05, 0.1) is 6.10 Å². The molecule has 1 aliphatic rings. The lowest BCUT2D eigenvalue weighted by Gasteiger charge is -2.33. The Morgan fingerprint density at radius 3 is 2.31 bits per heavy atom. The van der Waals surface area contributed by atoms with Crippen molar-refractivity contribution in [3.05, 3.63) is 59.7 Å². The summed E-state index contributed by atoms with van der Waals surface area (Å²) in [5.41, 5.74) is 1.60. The molecule has 0 saturated carbocycles. The molecule has 1 N–H and O–H groups in total. The van der Waals surface area contributed by atoms with E-state index in [2.05, 4.69) is 0 Å². The summed E-state index contributed by atoms with van der Waals surface area (Å²) >= 11 is 0. The zero-order valence-corrected chi connectivity index (χ0v) is 21.8. The lowest BCUT2D eigenvalue weighted by atomic mass is 9.86. The Morgan fingerprint density at radius 2 is 1.71 bits per heavy atom. The van der Waals surface area contributed by atoms with Crippen LogP contribution in [-0.2, 0) is 30.3 Å². The van der Waals surface area contributed by atoms with Gasteiger partial charge >= 0.3 is 11.9 Å². The molecule has 1 unspecified atom stereocenters. The lowest BCUT2D eigenvalue weighted by molar-refractivity contribution is -0.165. The number of aliphatic hydroxyl groups excluding tert-OH is 1. The highest BCUT2D eigenvalue weighted by Crippen LogP contribution is 2.27. The molecule has 0 fully saturated rings. The summed E-state index contributed by atoms with van der Waals surface area (Å²) in [5, 5.41) is 10.8. The van der Waals surface area contributed by atoms with Crippen LogP contribution < -0.4 is 0 Å². The maximum absolute atomic E-state index is 13.3. The van der Waals surface area contributed by atoms with Crippen LogP contribution in [0.25, 0.3) is 0 Å². The monoisotopic (exact) mass is 485 g/mol. The molecule has 0 saturated heterocycles. The fourth-order valence-electron chi connectivity index (χ4n) is 4.37. The van der Waals surface area contributed by atoms with E-state index in [1.165, 1.54) is 17.9 Å². The van der Waals surface area contributed by atoms with Crippen LogP contribution in [0.15, 0.2) is 54.1 Å². The summed E-state index contributed by atoms with van der Waals surface area (Å²) < 4.78 is 11.5. The molecule has 1 heterocycles. The molecule has 1 aromatic rings. The van der Waals surface area contributed by atoms with Gasteiger partial charge in [0.15, 0.2) is 0 Å². The normalized spacial score (nSPS) is 33.5. The van der Waals surface area contributed by atoms with Gasteiger partial charge < -0.3 is 19.5 Å². The molecule has 0 radical (unpaired) electrons.